The van der Waals surface area contributed by atoms with E-state index >= 15 is 0 Å². The maximum Gasteiger partial charge on any atom is 0.189 e. The van der Waals surface area contributed by atoms with E-state index in [1.807, 2.05) is 24.3 Å². The molecule has 130 valence electrons. The average Bonchev–Trinajstić information content (AvgIpc) is 2.55. The molecule has 1 unspecified atom stereocenters. The Labute approximate surface area is 143 Å². The summed E-state index contributed by atoms with van der Waals surface area (Å²) in [5, 5.41) is 0. The largest absolute Gasteiger partial charge is 0.485 e. The van der Waals surface area contributed by atoms with Crippen molar-refractivity contribution in [1.82, 2.24) is 4.90 Å². The third-order valence-corrected chi connectivity index (χ3v) is 4.00. The van der Waals surface area contributed by atoms with Crippen LogP contribution in [0.4, 0.5) is 0 Å². The number of ether oxygens (including phenoxy) is 2. The van der Waals surface area contributed by atoms with Crippen molar-refractivity contribution in [2.75, 3.05) is 32.8 Å². The summed E-state index contributed by atoms with van der Waals surface area (Å²) in [5.41, 5.74) is 6.05. The number of benzene rings is 1. The number of nitrogens with zero attached hydrogens (tertiary/aromatic N) is 2. The van der Waals surface area contributed by atoms with Crippen LogP contribution in [0.15, 0.2) is 29.3 Å². The van der Waals surface area contributed by atoms with Gasteiger partial charge in [0.15, 0.2) is 17.6 Å². The first-order chi connectivity index (χ1) is 10.3. The Morgan fingerprint density at radius 2 is 1.87 bits per heavy atom. The van der Waals surface area contributed by atoms with Crippen molar-refractivity contribution >= 4 is 18.2 Å². The number of likely N-dealkylation sites (tertiary alicyclic amines) is 1. The average molecular weight is 344 g/mol. The highest BCUT2D eigenvalue weighted by Crippen LogP contribution is 2.30. The molecule has 2 aliphatic heterocycles. The predicted molar refractivity (Wildman–Crippen MR) is 94.0 cm³/mol. The Morgan fingerprint density at radius 1 is 1.17 bits per heavy atom. The molecule has 0 spiro atoms. The number of hydrogen-bond donors (Lipinski definition) is 1. The summed E-state index contributed by atoms with van der Waals surface area (Å²) in [7, 11) is 0. The summed E-state index contributed by atoms with van der Waals surface area (Å²) in [6.45, 7) is 4.51. The fourth-order valence-corrected chi connectivity index (χ4v) is 2.77. The predicted octanol–water partition coefficient (Wildman–Crippen LogP) is 1.27. The highest BCUT2D eigenvalue weighted by atomic mass is 35.5. The van der Waals surface area contributed by atoms with Crippen LogP contribution >= 0.6 is 12.4 Å². The SMILES string of the molecule is Cl.NC(=NCCN1CCCCC1)C1COc2ccccc2O1.O. The van der Waals surface area contributed by atoms with Crippen molar-refractivity contribution in [1.29, 1.82) is 0 Å². The zero-order chi connectivity index (χ0) is 14.5. The van der Waals surface area contributed by atoms with Gasteiger partial charge in [0.25, 0.3) is 0 Å². The second kappa shape index (κ2) is 9.60. The monoisotopic (exact) mass is 343 g/mol. The number of fused-ring (bicyclic) bond motifs is 1. The zero-order valence-corrected chi connectivity index (χ0v) is 14.1. The number of hydrogen-bond acceptors (Lipinski definition) is 4. The Morgan fingerprint density at radius 3 is 2.61 bits per heavy atom. The van der Waals surface area contributed by atoms with Crippen LogP contribution in [-0.4, -0.2) is 55.1 Å². The van der Waals surface area contributed by atoms with Gasteiger partial charge in [0.1, 0.15) is 12.4 Å². The molecule has 0 bridgehead atoms. The van der Waals surface area contributed by atoms with Gasteiger partial charge in [-0.05, 0) is 38.1 Å². The van der Waals surface area contributed by atoms with Gasteiger partial charge in [0.05, 0.1) is 6.54 Å². The molecule has 6 nitrogen and oxygen atoms in total. The molecule has 4 N–H and O–H groups in total. The van der Waals surface area contributed by atoms with Crippen molar-refractivity contribution in [3.8, 4) is 11.5 Å². The third-order valence-electron chi connectivity index (χ3n) is 4.00. The Kier molecular flexibility index (Phi) is 8.16. The molecule has 0 saturated carbocycles. The third kappa shape index (κ3) is 5.27. The van der Waals surface area contributed by atoms with E-state index in [2.05, 4.69) is 9.89 Å². The Balaban J connectivity index is 0.00000132. The normalized spacial score (nSPS) is 21.0. The molecular formula is C16H26ClN3O3. The molecule has 1 aromatic rings. The summed E-state index contributed by atoms with van der Waals surface area (Å²) in [5.74, 6) is 2.04. The van der Waals surface area contributed by atoms with Gasteiger partial charge in [-0.15, -0.1) is 12.4 Å². The number of para-hydroxylation sites is 2. The van der Waals surface area contributed by atoms with Gasteiger partial charge < -0.3 is 25.6 Å². The van der Waals surface area contributed by atoms with Gasteiger partial charge in [-0.2, -0.15) is 0 Å². The van der Waals surface area contributed by atoms with Gasteiger partial charge in [-0.3, -0.25) is 4.99 Å². The molecule has 1 saturated heterocycles. The molecule has 0 aliphatic carbocycles. The first kappa shape index (κ1) is 19.5. The second-order valence-electron chi connectivity index (χ2n) is 5.57. The Hall–Kier alpha value is -1.50. The minimum Gasteiger partial charge on any atom is -0.485 e. The lowest BCUT2D eigenvalue weighted by atomic mass is 10.1. The molecule has 0 aromatic heterocycles. The topological polar surface area (TPSA) is 91.6 Å². The molecule has 1 atom stereocenters. The summed E-state index contributed by atoms with van der Waals surface area (Å²) >= 11 is 0. The van der Waals surface area contributed by atoms with Gasteiger partial charge in [-0.25, -0.2) is 0 Å². The smallest absolute Gasteiger partial charge is 0.189 e. The molecule has 1 aromatic carbocycles. The lowest BCUT2D eigenvalue weighted by Crippen LogP contribution is -2.41. The number of aliphatic imine (C=N–C) groups is 1. The van der Waals surface area contributed by atoms with E-state index < -0.39 is 0 Å². The second-order valence-corrected chi connectivity index (χ2v) is 5.57. The van der Waals surface area contributed by atoms with E-state index in [9.17, 15) is 0 Å². The molecule has 2 heterocycles. The van der Waals surface area contributed by atoms with Crippen LogP contribution in [0, 0.1) is 0 Å². The molecule has 2 aliphatic rings. The molecule has 0 amide bonds. The molecule has 1 fully saturated rings. The number of halogens is 1. The van der Waals surface area contributed by atoms with Crippen molar-refractivity contribution in [3.05, 3.63) is 24.3 Å². The van der Waals surface area contributed by atoms with E-state index in [0.717, 1.165) is 24.6 Å². The van der Waals surface area contributed by atoms with Crippen LogP contribution in [0.3, 0.4) is 0 Å². The summed E-state index contributed by atoms with van der Waals surface area (Å²) in [4.78, 5) is 6.91. The molecule has 7 heteroatoms. The number of nitrogens with two attached hydrogens (primary N) is 1. The first-order valence-corrected chi connectivity index (χ1v) is 7.73. The standard InChI is InChI=1S/C16H23N3O2.ClH.H2O/c17-16(18-8-11-19-9-4-1-5-10-19)15-12-20-13-6-2-3-7-14(13)21-15;;/h2-3,6-7,15H,1,4-5,8-12H2,(H2,17,18);1H;1H2. The first-order valence-electron chi connectivity index (χ1n) is 7.73. The lowest BCUT2D eigenvalue weighted by molar-refractivity contribution is 0.134. The number of amidine groups is 1. The highest BCUT2D eigenvalue weighted by molar-refractivity contribution is 5.86. The Bertz CT molecular complexity index is 507. The van der Waals surface area contributed by atoms with Crippen LogP contribution in [0.1, 0.15) is 19.3 Å². The molecular weight excluding hydrogens is 318 g/mol. The number of rotatable bonds is 4. The minimum absolute atomic E-state index is 0. The van der Waals surface area contributed by atoms with E-state index in [1.165, 1.54) is 32.4 Å². The lowest BCUT2D eigenvalue weighted by Gasteiger charge is -2.27. The van der Waals surface area contributed by atoms with Crippen LogP contribution in [0.5, 0.6) is 11.5 Å². The van der Waals surface area contributed by atoms with E-state index in [4.69, 9.17) is 15.2 Å². The quantitative estimate of drug-likeness (QED) is 0.658. The van der Waals surface area contributed by atoms with Crippen LogP contribution < -0.4 is 15.2 Å². The maximum absolute atomic E-state index is 6.05. The number of piperidine rings is 1. The van der Waals surface area contributed by atoms with E-state index in [-0.39, 0.29) is 24.0 Å². The fourth-order valence-electron chi connectivity index (χ4n) is 2.77. The van der Waals surface area contributed by atoms with Crippen molar-refractivity contribution in [3.63, 3.8) is 0 Å². The van der Waals surface area contributed by atoms with Crippen molar-refractivity contribution in [2.24, 2.45) is 10.7 Å². The minimum atomic E-state index is -0.277. The maximum atomic E-state index is 6.05. The van der Waals surface area contributed by atoms with Crippen LogP contribution in [-0.2, 0) is 0 Å². The summed E-state index contributed by atoms with van der Waals surface area (Å²) in [6.07, 6.45) is 3.68. The van der Waals surface area contributed by atoms with Crippen molar-refractivity contribution in [2.45, 2.75) is 25.4 Å². The van der Waals surface area contributed by atoms with Gasteiger partial charge in [0.2, 0.25) is 0 Å². The van der Waals surface area contributed by atoms with Crippen molar-refractivity contribution < 1.29 is 14.9 Å². The molecule has 3 rings (SSSR count). The van der Waals surface area contributed by atoms with E-state index in [1.54, 1.807) is 0 Å². The summed E-state index contributed by atoms with van der Waals surface area (Å²) < 4.78 is 11.5. The summed E-state index contributed by atoms with van der Waals surface area (Å²) in [6, 6.07) is 7.64. The molecule has 23 heavy (non-hydrogen) atoms. The molecule has 0 radical (unpaired) electrons. The van der Waals surface area contributed by atoms with Gasteiger partial charge in [-0.1, -0.05) is 18.6 Å². The van der Waals surface area contributed by atoms with Crippen LogP contribution in [0.2, 0.25) is 0 Å². The zero-order valence-electron chi connectivity index (χ0n) is 13.2. The highest BCUT2D eigenvalue weighted by Gasteiger charge is 2.23. The van der Waals surface area contributed by atoms with E-state index in [0.29, 0.717) is 12.4 Å². The van der Waals surface area contributed by atoms with Gasteiger partial charge >= 0.3 is 0 Å². The fraction of sp³-hybridized carbons (Fsp3) is 0.562. The van der Waals surface area contributed by atoms with Gasteiger partial charge in [0, 0.05) is 6.54 Å². The van der Waals surface area contributed by atoms with Crippen LogP contribution in [0.25, 0.3) is 0 Å².